The summed E-state index contributed by atoms with van der Waals surface area (Å²) in [6.07, 6.45) is 18.0. The van der Waals surface area contributed by atoms with Crippen molar-refractivity contribution < 1.29 is 69.7 Å². The number of allylic oxidation sites excluding steroid dienone is 8. The van der Waals surface area contributed by atoms with Crippen molar-refractivity contribution >= 4 is 24.3 Å². The van der Waals surface area contributed by atoms with Crippen LogP contribution in [0.4, 0.5) is 0 Å². The van der Waals surface area contributed by atoms with E-state index in [0.29, 0.717) is 0 Å². The zero-order valence-electron chi connectivity index (χ0n) is 27.0. The number of benzene rings is 4. The zero-order valence-corrected chi connectivity index (χ0v) is 35.7. The van der Waals surface area contributed by atoms with Crippen molar-refractivity contribution in [1.82, 2.24) is 0 Å². The first-order valence-corrected chi connectivity index (χ1v) is 23.0. The Morgan fingerprint density at radius 1 is 0.478 bits per heavy atom. The van der Waals surface area contributed by atoms with Gasteiger partial charge in [-0.05, 0) is 0 Å². The monoisotopic (exact) mass is 972 g/mol. The largest absolute Gasteiger partial charge is 1.00 e. The minimum Gasteiger partial charge on any atom is -1.00 e. The first-order valence-electron chi connectivity index (χ1n) is 15.8. The van der Waals surface area contributed by atoms with Crippen LogP contribution in [0.25, 0.3) is 33.4 Å². The van der Waals surface area contributed by atoms with E-state index in [9.17, 15) is 0 Å². The molecule has 4 aromatic rings. The van der Waals surface area contributed by atoms with Crippen molar-refractivity contribution in [3.63, 3.8) is 0 Å². The van der Waals surface area contributed by atoms with Gasteiger partial charge < -0.3 is 24.8 Å². The van der Waals surface area contributed by atoms with Crippen molar-refractivity contribution in [1.29, 1.82) is 0 Å². The van der Waals surface area contributed by atoms with E-state index >= 15 is 0 Å². The molecule has 0 aliphatic heterocycles. The fraction of sp³-hybridized carbons (Fsp3) is 0.190. The molecule has 4 aromatic carbocycles. The second-order valence-corrected chi connectivity index (χ2v) is 25.2. The predicted molar refractivity (Wildman–Crippen MR) is 185 cm³/mol. The van der Waals surface area contributed by atoms with Gasteiger partial charge in [-0.25, -0.2) is 0 Å². The van der Waals surface area contributed by atoms with Crippen LogP contribution in [-0.2, 0) is 57.7 Å². The molecule has 0 nitrogen and oxygen atoms in total. The maximum absolute atomic E-state index is 2.39. The van der Waals surface area contributed by atoms with E-state index in [4.69, 9.17) is 0 Å². The van der Waals surface area contributed by atoms with Crippen molar-refractivity contribution in [3.8, 4) is 22.3 Å². The zero-order chi connectivity index (χ0) is 30.2. The van der Waals surface area contributed by atoms with Crippen LogP contribution >= 0.6 is 0 Å². The molecule has 4 heteroatoms. The van der Waals surface area contributed by atoms with E-state index < -0.39 is 44.8 Å². The van der Waals surface area contributed by atoms with E-state index in [2.05, 4.69) is 137 Å². The summed E-state index contributed by atoms with van der Waals surface area (Å²) in [5, 5.41) is 0. The molecule has 0 unspecified atom stereocenters. The van der Waals surface area contributed by atoms with Gasteiger partial charge in [-0.1, -0.05) is 0 Å². The molecule has 228 valence electrons. The Bertz CT molecular complexity index is 1850. The first kappa shape index (κ1) is 35.2. The Balaban J connectivity index is 0.000000174. The summed E-state index contributed by atoms with van der Waals surface area (Å²) < 4.78 is 6.83. The molecule has 0 saturated heterocycles. The summed E-state index contributed by atoms with van der Waals surface area (Å²) in [7, 11) is 0. The minimum absolute atomic E-state index is 0. The SMILES string of the molecule is C[C](C)=[Hf+][c]1c(C2=CC=CC2)ccc2c1Cc1ccccc1-2.C[C](C)=[Hf+][c]1c(C2=CC=CC2)ccc2c1Cc1ccccc1-2.[Cl-].[Cl-]. The van der Waals surface area contributed by atoms with E-state index in [1.54, 1.807) is 35.4 Å². The Kier molecular flexibility index (Phi) is 11.8. The standard InChI is InChI=1S/2C18H13.2C3H6.2ClH.2Hf/c2*1-2-6-13(5-1)14-9-10-18-16(11-14)12-15-7-3-4-8-17(15)18;2*1-3-2;;;;/h2*1-5,7-10H,6,12H2;2*1-2H3;2*1H;;/q;;;;;;2*+1/p-2. The Morgan fingerprint density at radius 2 is 0.870 bits per heavy atom. The average Bonchev–Trinajstić information content (AvgIpc) is 3.83. The molecule has 0 N–H and O–H groups in total. The summed E-state index contributed by atoms with van der Waals surface area (Å²) in [6.45, 7) is 9.32. The number of hydrogen-bond donors (Lipinski definition) is 0. The summed E-state index contributed by atoms with van der Waals surface area (Å²) in [4.78, 5) is 0. The summed E-state index contributed by atoms with van der Waals surface area (Å²) in [5.41, 5.74) is 18.3. The molecule has 8 rings (SSSR count). The number of rotatable bonds is 4. The molecule has 4 aliphatic rings. The van der Waals surface area contributed by atoms with Gasteiger partial charge in [-0.15, -0.1) is 0 Å². The van der Waals surface area contributed by atoms with E-state index in [1.165, 1.54) is 44.5 Å². The third-order valence-electron chi connectivity index (χ3n) is 8.96. The molecule has 0 heterocycles. The number of hydrogen-bond acceptors (Lipinski definition) is 0. The van der Waals surface area contributed by atoms with Crippen LogP contribution in [0, 0.1) is 0 Å². The number of fused-ring (bicyclic) bond motifs is 6. The summed E-state index contributed by atoms with van der Waals surface area (Å²) in [5.74, 6) is 0. The molecule has 0 bridgehead atoms. The fourth-order valence-corrected chi connectivity index (χ4v) is 16.0. The van der Waals surface area contributed by atoms with Gasteiger partial charge in [-0.2, -0.15) is 0 Å². The van der Waals surface area contributed by atoms with Crippen molar-refractivity contribution in [2.45, 2.75) is 53.4 Å². The van der Waals surface area contributed by atoms with Gasteiger partial charge in [-0.3, -0.25) is 0 Å². The van der Waals surface area contributed by atoms with Gasteiger partial charge in [0.05, 0.1) is 0 Å². The smallest absolute Gasteiger partial charge is 1.00 e. The average molecular weight is 971 g/mol. The van der Waals surface area contributed by atoms with E-state index in [-0.39, 0.29) is 24.8 Å². The maximum atomic E-state index is 2.39. The molecular formula is C42H38Cl2Hf2. The molecular weight excluding hydrogens is 932 g/mol. The normalized spacial score (nSPS) is 13.7. The van der Waals surface area contributed by atoms with Crippen molar-refractivity contribution in [3.05, 3.63) is 143 Å². The molecule has 0 saturated carbocycles. The Morgan fingerprint density at radius 3 is 1.24 bits per heavy atom. The van der Waals surface area contributed by atoms with Crippen LogP contribution < -0.4 is 31.5 Å². The quantitative estimate of drug-likeness (QED) is 0.239. The van der Waals surface area contributed by atoms with E-state index in [1.807, 2.05) is 0 Å². The third-order valence-corrected chi connectivity index (χ3v) is 18.5. The van der Waals surface area contributed by atoms with Gasteiger partial charge >= 0.3 is 287 Å². The number of halogens is 2. The molecule has 46 heavy (non-hydrogen) atoms. The van der Waals surface area contributed by atoms with Crippen LogP contribution in [0.2, 0.25) is 0 Å². The maximum Gasteiger partial charge on any atom is -1.00 e. The Labute approximate surface area is 309 Å². The Hall–Kier alpha value is -2.10. The van der Waals surface area contributed by atoms with Crippen LogP contribution in [-0.4, -0.2) is 6.51 Å². The molecule has 0 fully saturated rings. The van der Waals surface area contributed by atoms with Gasteiger partial charge in [0.25, 0.3) is 0 Å². The summed E-state index contributed by atoms with van der Waals surface area (Å²) in [6, 6.07) is 27.4. The molecule has 0 aromatic heterocycles. The van der Waals surface area contributed by atoms with Gasteiger partial charge in [0.2, 0.25) is 0 Å². The van der Waals surface area contributed by atoms with Gasteiger partial charge in [0.15, 0.2) is 0 Å². The molecule has 0 atom stereocenters. The van der Waals surface area contributed by atoms with Gasteiger partial charge in [0.1, 0.15) is 0 Å². The van der Waals surface area contributed by atoms with Gasteiger partial charge in [0, 0.05) is 0 Å². The van der Waals surface area contributed by atoms with Crippen LogP contribution in [0.3, 0.4) is 0 Å². The fourth-order valence-electron chi connectivity index (χ4n) is 7.04. The van der Waals surface area contributed by atoms with Crippen LogP contribution in [0.1, 0.15) is 73.9 Å². The van der Waals surface area contributed by atoms with Crippen molar-refractivity contribution in [2.24, 2.45) is 0 Å². The first-order chi connectivity index (χ1) is 21.5. The van der Waals surface area contributed by atoms with E-state index in [0.717, 1.165) is 25.7 Å². The van der Waals surface area contributed by atoms with Crippen LogP contribution in [0.15, 0.2) is 109 Å². The molecule has 0 amide bonds. The second kappa shape index (κ2) is 15.4. The van der Waals surface area contributed by atoms with Crippen LogP contribution in [0.5, 0.6) is 0 Å². The molecule has 4 aliphatic carbocycles. The third kappa shape index (κ3) is 7.02. The molecule has 0 spiro atoms. The topological polar surface area (TPSA) is 0 Å². The second-order valence-electron chi connectivity index (χ2n) is 12.6. The predicted octanol–water partition coefficient (Wildman–Crippen LogP) is 3.05. The minimum atomic E-state index is -0.893. The summed E-state index contributed by atoms with van der Waals surface area (Å²) >= 11 is -1.79. The van der Waals surface area contributed by atoms with Crippen molar-refractivity contribution in [2.75, 3.05) is 0 Å². The molecule has 0 radical (unpaired) electrons.